The van der Waals surface area contributed by atoms with Crippen molar-refractivity contribution in [1.82, 2.24) is 9.97 Å². The fourth-order valence-electron chi connectivity index (χ4n) is 1.80. The lowest BCUT2D eigenvalue weighted by Crippen LogP contribution is -1.99. The first-order valence-corrected chi connectivity index (χ1v) is 5.93. The summed E-state index contributed by atoms with van der Waals surface area (Å²) in [4.78, 5) is 8.87. The molecule has 0 amide bonds. The van der Waals surface area contributed by atoms with E-state index in [-0.39, 0.29) is 0 Å². The molecule has 0 saturated heterocycles. The SMILES string of the molecule is CNc1cc(C)nc(-c2ccc(OC)c(OC)c2)n1. The van der Waals surface area contributed by atoms with Crippen LogP contribution < -0.4 is 14.8 Å². The summed E-state index contributed by atoms with van der Waals surface area (Å²) in [5.74, 6) is 2.80. The summed E-state index contributed by atoms with van der Waals surface area (Å²) in [5, 5.41) is 3.02. The predicted molar refractivity (Wildman–Crippen MR) is 74.9 cm³/mol. The van der Waals surface area contributed by atoms with Crippen LogP contribution in [0.25, 0.3) is 11.4 Å². The van der Waals surface area contributed by atoms with Gasteiger partial charge in [-0.3, -0.25) is 0 Å². The predicted octanol–water partition coefficient (Wildman–Crippen LogP) is 2.51. The van der Waals surface area contributed by atoms with E-state index in [0.717, 1.165) is 17.1 Å². The number of nitrogens with one attached hydrogen (secondary N) is 1. The minimum absolute atomic E-state index is 0.658. The van der Waals surface area contributed by atoms with Gasteiger partial charge in [0.25, 0.3) is 0 Å². The van der Waals surface area contributed by atoms with Crippen LogP contribution in [-0.2, 0) is 0 Å². The Bertz CT molecular complexity index is 585. The third kappa shape index (κ3) is 2.76. The molecule has 0 saturated carbocycles. The van der Waals surface area contributed by atoms with Crippen molar-refractivity contribution < 1.29 is 9.47 Å². The molecule has 2 aromatic rings. The fourth-order valence-corrected chi connectivity index (χ4v) is 1.80. The molecule has 0 unspecified atom stereocenters. The Kier molecular flexibility index (Phi) is 3.85. The van der Waals surface area contributed by atoms with Gasteiger partial charge in [-0.05, 0) is 25.1 Å². The molecule has 0 aliphatic rings. The molecule has 0 aliphatic carbocycles. The minimum atomic E-state index is 0.658. The summed E-state index contributed by atoms with van der Waals surface area (Å²) in [6.07, 6.45) is 0. The molecule has 19 heavy (non-hydrogen) atoms. The number of hydrogen-bond donors (Lipinski definition) is 1. The van der Waals surface area contributed by atoms with Gasteiger partial charge in [0.1, 0.15) is 5.82 Å². The monoisotopic (exact) mass is 259 g/mol. The second-order valence-electron chi connectivity index (χ2n) is 4.04. The largest absolute Gasteiger partial charge is 0.493 e. The minimum Gasteiger partial charge on any atom is -0.493 e. The zero-order valence-electron chi connectivity index (χ0n) is 11.5. The first kappa shape index (κ1) is 13.1. The second kappa shape index (κ2) is 5.56. The van der Waals surface area contributed by atoms with E-state index in [0.29, 0.717) is 17.3 Å². The van der Waals surface area contributed by atoms with Crippen molar-refractivity contribution in [3.05, 3.63) is 30.0 Å². The van der Waals surface area contributed by atoms with E-state index >= 15 is 0 Å². The lowest BCUT2D eigenvalue weighted by molar-refractivity contribution is 0.355. The molecule has 1 aromatic carbocycles. The normalized spacial score (nSPS) is 10.1. The molecule has 1 aromatic heterocycles. The number of methoxy groups -OCH3 is 2. The third-order valence-corrected chi connectivity index (χ3v) is 2.75. The van der Waals surface area contributed by atoms with E-state index in [1.54, 1.807) is 14.2 Å². The Labute approximate surface area is 112 Å². The van der Waals surface area contributed by atoms with E-state index < -0.39 is 0 Å². The average molecular weight is 259 g/mol. The number of rotatable bonds is 4. The lowest BCUT2D eigenvalue weighted by Gasteiger charge is -2.10. The number of aromatic nitrogens is 2. The summed E-state index contributed by atoms with van der Waals surface area (Å²) in [6, 6.07) is 7.52. The van der Waals surface area contributed by atoms with Crippen molar-refractivity contribution in [2.45, 2.75) is 6.92 Å². The van der Waals surface area contributed by atoms with Crippen molar-refractivity contribution in [2.75, 3.05) is 26.6 Å². The molecule has 0 spiro atoms. The van der Waals surface area contributed by atoms with Gasteiger partial charge in [-0.25, -0.2) is 9.97 Å². The van der Waals surface area contributed by atoms with Crippen LogP contribution in [0.3, 0.4) is 0 Å². The van der Waals surface area contributed by atoms with Gasteiger partial charge in [0.15, 0.2) is 17.3 Å². The maximum atomic E-state index is 5.29. The van der Waals surface area contributed by atoms with E-state index in [1.807, 2.05) is 38.2 Å². The Balaban J connectivity index is 2.49. The second-order valence-corrected chi connectivity index (χ2v) is 4.04. The molecule has 0 aliphatic heterocycles. The van der Waals surface area contributed by atoms with Crippen molar-refractivity contribution >= 4 is 5.82 Å². The van der Waals surface area contributed by atoms with Gasteiger partial charge in [-0.2, -0.15) is 0 Å². The number of nitrogens with zero attached hydrogens (tertiary/aromatic N) is 2. The summed E-state index contributed by atoms with van der Waals surface area (Å²) in [6.45, 7) is 1.94. The summed E-state index contributed by atoms with van der Waals surface area (Å²) in [7, 11) is 5.05. The molecule has 5 nitrogen and oxygen atoms in total. The van der Waals surface area contributed by atoms with Crippen LogP contribution in [0.1, 0.15) is 5.69 Å². The molecule has 1 N–H and O–H groups in total. The van der Waals surface area contributed by atoms with Gasteiger partial charge in [-0.15, -0.1) is 0 Å². The smallest absolute Gasteiger partial charge is 0.161 e. The van der Waals surface area contributed by atoms with E-state index in [4.69, 9.17) is 9.47 Å². The molecule has 100 valence electrons. The first-order valence-electron chi connectivity index (χ1n) is 5.93. The van der Waals surface area contributed by atoms with Crippen molar-refractivity contribution in [3.8, 4) is 22.9 Å². The highest BCUT2D eigenvalue weighted by Gasteiger charge is 2.09. The maximum absolute atomic E-state index is 5.29. The number of aryl methyl sites for hydroxylation is 1. The number of anilines is 1. The highest BCUT2D eigenvalue weighted by molar-refractivity contribution is 5.62. The van der Waals surface area contributed by atoms with Crippen LogP contribution in [0.4, 0.5) is 5.82 Å². The Morgan fingerprint density at radius 2 is 1.74 bits per heavy atom. The quantitative estimate of drug-likeness (QED) is 0.914. The molecule has 0 bridgehead atoms. The molecular formula is C14H17N3O2. The number of benzene rings is 1. The topological polar surface area (TPSA) is 56.3 Å². The average Bonchev–Trinajstić information content (AvgIpc) is 2.45. The highest BCUT2D eigenvalue weighted by Crippen LogP contribution is 2.31. The van der Waals surface area contributed by atoms with Crippen LogP contribution in [0.5, 0.6) is 11.5 Å². The van der Waals surface area contributed by atoms with Gasteiger partial charge in [-0.1, -0.05) is 0 Å². The Morgan fingerprint density at radius 1 is 1.00 bits per heavy atom. The van der Waals surface area contributed by atoms with Gasteiger partial charge < -0.3 is 14.8 Å². The molecule has 0 fully saturated rings. The first-order chi connectivity index (χ1) is 9.17. The standard InChI is InChI=1S/C14H17N3O2/c1-9-7-13(15-2)17-14(16-9)10-5-6-11(18-3)12(8-10)19-4/h5-8H,1-4H3,(H,15,16,17). The lowest BCUT2D eigenvalue weighted by atomic mass is 10.2. The molecular weight excluding hydrogens is 242 g/mol. The fraction of sp³-hybridized carbons (Fsp3) is 0.286. The van der Waals surface area contributed by atoms with Crippen molar-refractivity contribution in [1.29, 1.82) is 0 Å². The highest BCUT2D eigenvalue weighted by atomic mass is 16.5. The Hall–Kier alpha value is -2.30. The van der Waals surface area contributed by atoms with Crippen molar-refractivity contribution in [2.24, 2.45) is 0 Å². The summed E-state index contributed by atoms with van der Waals surface area (Å²) in [5.41, 5.74) is 1.79. The molecule has 0 atom stereocenters. The Morgan fingerprint density at radius 3 is 2.37 bits per heavy atom. The third-order valence-electron chi connectivity index (χ3n) is 2.75. The number of ether oxygens (including phenoxy) is 2. The van der Waals surface area contributed by atoms with E-state index in [1.165, 1.54) is 0 Å². The van der Waals surface area contributed by atoms with Crippen LogP contribution in [0.15, 0.2) is 24.3 Å². The molecule has 5 heteroatoms. The van der Waals surface area contributed by atoms with Crippen molar-refractivity contribution in [3.63, 3.8) is 0 Å². The summed E-state index contributed by atoms with van der Waals surface area (Å²) < 4.78 is 10.5. The van der Waals surface area contributed by atoms with Crippen LogP contribution >= 0.6 is 0 Å². The van der Waals surface area contributed by atoms with Crippen LogP contribution in [0, 0.1) is 6.92 Å². The summed E-state index contributed by atoms with van der Waals surface area (Å²) >= 11 is 0. The van der Waals surface area contributed by atoms with E-state index in [9.17, 15) is 0 Å². The van der Waals surface area contributed by atoms with E-state index in [2.05, 4.69) is 15.3 Å². The molecule has 0 radical (unpaired) electrons. The van der Waals surface area contributed by atoms with Crippen LogP contribution in [-0.4, -0.2) is 31.2 Å². The van der Waals surface area contributed by atoms with Crippen LogP contribution in [0.2, 0.25) is 0 Å². The molecule has 1 heterocycles. The zero-order chi connectivity index (χ0) is 13.8. The molecule has 2 rings (SSSR count). The van der Waals surface area contributed by atoms with Gasteiger partial charge in [0.05, 0.1) is 14.2 Å². The van der Waals surface area contributed by atoms with Gasteiger partial charge >= 0.3 is 0 Å². The maximum Gasteiger partial charge on any atom is 0.161 e. The zero-order valence-corrected chi connectivity index (χ0v) is 11.5. The number of hydrogen-bond acceptors (Lipinski definition) is 5. The van der Waals surface area contributed by atoms with Gasteiger partial charge in [0, 0.05) is 24.4 Å². The van der Waals surface area contributed by atoms with Gasteiger partial charge in [0.2, 0.25) is 0 Å².